The molecule has 0 aromatic carbocycles. The normalized spacial score (nSPS) is 13.7. The Morgan fingerprint density at radius 2 is 2.12 bits per heavy atom. The Bertz CT molecular complexity index is 757. The molecule has 8 nitrogen and oxygen atoms in total. The summed E-state index contributed by atoms with van der Waals surface area (Å²) in [7, 11) is -1.15. The summed E-state index contributed by atoms with van der Waals surface area (Å²) >= 11 is 1.59. The number of aliphatic hydroxyl groups excluding tert-OH is 1. The summed E-state index contributed by atoms with van der Waals surface area (Å²) in [5.41, 5.74) is -0.712. The van der Waals surface area contributed by atoms with E-state index in [4.69, 9.17) is 0 Å². The molecule has 0 saturated carbocycles. The first kappa shape index (κ1) is 22.4. The van der Waals surface area contributed by atoms with Crippen LogP contribution in [-0.4, -0.2) is 54.4 Å². The predicted molar refractivity (Wildman–Crippen MR) is 106 cm³/mol. The van der Waals surface area contributed by atoms with Crippen LogP contribution in [0.4, 0.5) is 0 Å². The van der Waals surface area contributed by atoms with Gasteiger partial charge in [0.25, 0.3) is 5.56 Å². The molecule has 146 valence electrons. The number of carbonyl (C=O) groups excluding carboxylic acids is 1. The molecule has 0 aliphatic rings. The second-order valence-corrected chi connectivity index (χ2v) is 8.63. The van der Waals surface area contributed by atoms with E-state index in [1.807, 2.05) is 0 Å². The van der Waals surface area contributed by atoms with Crippen molar-refractivity contribution in [2.75, 3.05) is 23.2 Å². The third-order valence-electron chi connectivity index (χ3n) is 3.39. The fourth-order valence-electron chi connectivity index (χ4n) is 2.03. The van der Waals surface area contributed by atoms with E-state index in [0.29, 0.717) is 10.8 Å². The molecular weight excluding hydrogens is 378 g/mol. The number of aromatic amines is 2. The Morgan fingerprint density at radius 1 is 1.38 bits per heavy atom. The summed E-state index contributed by atoms with van der Waals surface area (Å²) in [6.45, 7) is 3.30. The number of rotatable bonds is 11. The first-order valence-corrected chi connectivity index (χ1v) is 10.9. The quantitative estimate of drug-likeness (QED) is 0.306. The van der Waals surface area contributed by atoms with Crippen LogP contribution in [0, 0.1) is 6.92 Å². The molecule has 1 aromatic heterocycles. The highest BCUT2D eigenvalue weighted by molar-refractivity contribution is 8.10. The van der Waals surface area contributed by atoms with Gasteiger partial charge in [0.15, 0.2) is 0 Å². The Kier molecular flexibility index (Phi) is 10.2. The van der Waals surface area contributed by atoms with Gasteiger partial charge in [0, 0.05) is 28.3 Å². The maximum absolute atomic E-state index is 12.0. The lowest BCUT2D eigenvalue weighted by atomic mass is 10.2. The van der Waals surface area contributed by atoms with Gasteiger partial charge in [-0.15, -0.1) is 11.8 Å². The van der Waals surface area contributed by atoms with Crippen molar-refractivity contribution in [3.05, 3.63) is 38.2 Å². The predicted octanol–water partition coefficient (Wildman–Crippen LogP) is 0.101. The van der Waals surface area contributed by atoms with Gasteiger partial charge in [0.1, 0.15) is 0 Å². The lowest BCUT2D eigenvalue weighted by Gasteiger charge is -2.14. The molecule has 0 radical (unpaired) electrons. The molecule has 1 amide bonds. The number of amides is 1. The van der Waals surface area contributed by atoms with E-state index in [9.17, 15) is 23.7 Å². The van der Waals surface area contributed by atoms with Crippen molar-refractivity contribution in [1.82, 2.24) is 15.3 Å². The molecule has 4 N–H and O–H groups in total. The largest absolute Gasteiger partial charge is 0.394 e. The summed E-state index contributed by atoms with van der Waals surface area (Å²) in [5, 5.41) is 12.4. The number of aromatic nitrogens is 2. The summed E-state index contributed by atoms with van der Waals surface area (Å²) < 4.78 is 12.0. The number of aliphatic hydroxyl groups is 1. The first-order chi connectivity index (χ1) is 12.4. The van der Waals surface area contributed by atoms with Crippen molar-refractivity contribution in [1.29, 1.82) is 0 Å². The van der Waals surface area contributed by atoms with Gasteiger partial charge in [0.05, 0.1) is 23.3 Å². The van der Waals surface area contributed by atoms with Gasteiger partial charge in [-0.2, -0.15) is 0 Å². The van der Waals surface area contributed by atoms with E-state index < -0.39 is 34.0 Å². The van der Waals surface area contributed by atoms with Crippen molar-refractivity contribution in [3.8, 4) is 0 Å². The number of thioether (sulfide) groups is 1. The maximum atomic E-state index is 12.0. The van der Waals surface area contributed by atoms with Gasteiger partial charge >= 0.3 is 5.69 Å². The van der Waals surface area contributed by atoms with Crippen LogP contribution in [0.25, 0.3) is 6.08 Å². The number of aryl methyl sites for hydroxylation is 1. The maximum Gasteiger partial charge on any atom is 0.325 e. The molecule has 2 unspecified atom stereocenters. The average molecular weight is 404 g/mol. The minimum absolute atomic E-state index is 0.160. The monoisotopic (exact) mass is 403 g/mol. The van der Waals surface area contributed by atoms with Crippen LogP contribution in [0.5, 0.6) is 0 Å². The van der Waals surface area contributed by atoms with Crippen LogP contribution >= 0.6 is 11.8 Å². The first-order valence-electron chi connectivity index (χ1n) is 8.22. The lowest BCUT2D eigenvalue weighted by Crippen LogP contribution is -2.40. The molecule has 10 heteroatoms. The van der Waals surface area contributed by atoms with Gasteiger partial charge < -0.3 is 15.4 Å². The number of hydrogen-bond donors (Lipinski definition) is 4. The lowest BCUT2D eigenvalue weighted by molar-refractivity contribution is -0.117. The Morgan fingerprint density at radius 3 is 2.73 bits per heavy atom. The van der Waals surface area contributed by atoms with Crippen molar-refractivity contribution < 1.29 is 14.1 Å². The highest BCUT2D eigenvalue weighted by Crippen LogP contribution is 2.07. The molecule has 1 aromatic rings. The molecule has 0 spiro atoms. The minimum atomic E-state index is -1.15. The summed E-state index contributed by atoms with van der Waals surface area (Å²) in [5.74, 6) is 0.575. The van der Waals surface area contributed by atoms with Crippen molar-refractivity contribution >= 4 is 34.5 Å². The number of H-pyrrole nitrogens is 2. The van der Waals surface area contributed by atoms with E-state index >= 15 is 0 Å². The summed E-state index contributed by atoms with van der Waals surface area (Å²) in [4.78, 5) is 39.3. The molecule has 0 bridgehead atoms. The molecule has 1 rings (SSSR count). The molecule has 26 heavy (non-hydrogen) atoms. The minimum Gasteiger partial charge on any atom is -0.394 e. The standard InChI is InChI=1S/C16H25N3O5S2/c1-3-4-7-25-10-26(24)9-12(8-20)18-14(21)6-5-13-11(2)17-16(23)19-15(13)22/h5-6,12,20H,3-4,7-10H2,1-2H3,(H,18,21)(H2,17,19,22,23)/b6-5+. The van der Waals surface area contributed by atoms with E-state index in [2.05, 4.69) is 22.2 Å². The molecule has 0 aliphatic heterocycles. The average Bonchev–Trinajstić information content (AvgIpc) is 2.57. The van der Waals surface area contributed by atoms with Gasteiger partial charge in [0.2, 0.25) is 5.91 Å². The SMILES string of the molecule is CCCCSCS(=O)CC(CO)NC(=O)/C=C/c1c(C)[nH]c(=O)[nH]c1=O. The molecule has 1 heterocycles. The fourth-order valence-corrected chi connectivity index (χ4v) is 4.76. The Hall–Kier alpha value is -1.65. The highest BCUT2D eigenvalue weighted by atomic mass is 32.2. The Balaban J connectivity index is 2.58. The van der Waals surface area contributed by atoms with E-state index in [-0.39, 0.29) is 17.9 Å². The van der Waals surface area contributed by atoms with Crippen LogP contribution in [0.2, 0.25) is 0 Å². The summed E-state index contributed by atoms with van der Waals surface area (Å²) in [6.07, 6.45) is 4.57. The zero-order chi connectivity index (χ0) is 19.5. The molecular formula is C16H25N3O5S2. The van der Waals surface area contributed by atoms with Crippen molar-refractivity contribution in [2.45, 2.75) is 32.7 Å². The molecule has 0 aliphatic carbocycles. The van der Waals surface area contributed by atoms with Gasteiger partial charge in [-0.25, -0.2) is 4.79 Å². The second kappa shape index (κ2) is 11.9. The number of unbranched alkanes of at least 4 members (excludes halogenated alkanes) is 1. The number of nitrogens with one attached hydrogen (secondary N) is 3. The summed E-state index contributed by atoms with van der Waals surface area (Å²) in [6, 6.07) is -0.630. The zero-order valence-electron chi connectivity index (χ0n) is 14.9. The molecule has 0 saturated heterocycles. The van der Waals surface area contributed by atoms with Crippen LogP contribution in [0.3, 0.4) is 0 Å². The molecule has 0 fully saturated rings. The highest BCUT2D eigenvalue weighted by Gasteiger charge is 2.14. The number of carbonyl (C=O) groups is 1. The molecule has 2 atom stereocenters. The van der Waals surface area contributed by atoms with Crippen LogP contribution < -0.4 is 16.6 Å². The smallest absolute Gasteiger partial charge is 0.325 e. The van der Waals surface area contributed by atoms with Gasteiger partial charge in [-0.1, -0.05) is 13.3 Å². The fraction of sp³-hybridized carbons (Fsp3) is 0.562. The van der Waals surface area contributed by atoms with Crippen molar-refractivity contribution in [3.63, 3.8) is 0 Å². The van der Waals surface area contributed by atoms with Crippen LogP contribution in [0.1, 0.15) is 31.0 Å². The third kappa shape index (κ3) is 8.15. The third-order valence-corrected chi connectivity index (χ3v) is 6.46. The van der Waals surface area contributed by atoms with E-state index in [1.165, 1.54) is 6.08 Å². The number of hydrogen-bond acceptors (Lipinski definition) is 6. The Labute approximate surface area is 158 Å². The van der Waals surface area contributed by atoms with Gasteiger partial charge in [-0.3, -0.25) is 18.8 Å². The van der Waals surface area contributed by atoms with Crippen LogP contribution in [0.15, 0.2) is 15.7 Å². The van der Waals surface area contributed by atoms with E-state index in [1.54, 1.807) is 18.7 Å². The van der Waals surface area contributed by atoms with E-state index in [0.717, 1.165) is 24.7 Å². The van der Waals surface area contributed by atoms with Gasteiger partial charge in [-0.05, 0) is 25.2 Å². The van der Waals surface area contributed by atoms with Crippen molar-refractivity contribution in [2.24, 2.45) is 0 Å². The van der Waals surface area contributed by atoms with Crippen LogP contribution in [-0.2, 0) is 15.6 Å². The topological polar surface area (TPSA) is 132 Å². The second-order valence-electron chi connectivity index (χ2n) is 5.65. The zero-order valence-corrected chi connectivity index (χ0v) is 16.5.